The van der Waals surface area contributed by atoms with Gasteiger partial charge in [-0.3, -0.25) is 5.43 Å². The Bertz CT molecular complexity index is 452. The first kappa shape index (κ1) is 16.2. The maximum Gasteiger partial charge on any atom is 0.185 e. The second kappa shape index (κ2) is 7.73. The lowest BCUT2D eigenvalue weighted by Gasteiger charge is -2.33. The van der Waals surface area contributed by atoms with Crippen LogP contribution in [0.25, 0.3) is 0 Å². The van der Waals surface area contributed by atoms with Crippen LogP contribution in [0.15, 0.2) is 24.3 Å². The molecule has 0 bridgehead atoms. The molecule has 116 valence electrons. The van der Waals surface area contributed by atoms with Gasteiger partial charge in [0, 0.05) is 31.9 Å². The third-order valence-electron chi connectivity index (χ3n) is 4.11. The summed E-state index contributed by atoms with van der Waals surface area (Å²) in [5.41, 5.74) is 5.68. The predicted molar refractivity (Wildman–Crippen MR) is 93.6 cm³/mol. The van der Waals surface area contributed by atoms with Crippen molar-refractivity contribution in [2.24, 2.45) is 0 Å². The fraction of sp³-hybridized carbons (Fsp3) is 0.562. The van der Waals surface area contributed by atoms with E-state index in [1.54, 1.807) is 0 Å². The second-order valence-corrected chi connectivity index (χ2v) is 6.20. The predicted octanol–water partition coefficient (Wildman–Crippen LogP) is 2.65. The summed E-state index contributed by atoms with van der Waals surface area (Å²) in [6.07, 6.45) is 1.16. The SMILES string of the molecule is CC[C@H](C)c1ccc(NC(=S)NN2CCN(C)CC2)cc1. The molecule has 1 aromatic carbocycles. The van der Waals surface area contributed by atoms with E-state index < -0.39 is 0 Å². The highest BCUT2D eigenvalue weighted by Crippen LogP contribution is 2.20. The third kappa shape index (κ3) is 4.95. The Morgan fingerprint density at radius 2 is 1.81 bits per heavy atom. The van der Waals surface area contributed by atoms with Crippen molar-refractivity contribution in [1.82, 2.24) is 15.3 Å². The van der Waals surface area contributed by atoms with E-state index in [9.17, 15) is 0 Å². The van der Waals surface area contributed by atoms with Crippen molar-refractivity contribution in [3.8, 4) is 0 Å². The van der Waals surface area contributed by atoms with Gasteiger partial charge in [-0.25, -0.2) is 5.01 Å². The molecule has 21 heavy (non-hydrogen) atoms. The molecule has 0 aromatic heterocycles. The zero-order valence-electron chi connectivity index (χ0n) is 13.2. The van der Waals surface area contributed by atoms with Gasteiger partial charge < -0.3 is 10.2 Å². The highest BCUT2D eigenvalue weighted by atomic mass is 32.1. The number of anilines is 1. The lowest BCUT2D eigenvalue weighted by atomic mass is 9.99. The number of likely N-dealkylation sites (N-methyl/N-ethyl adjacent to an activating group) is 1. The van der Waals surface area contributed by atoms with Crippen LogP contribution in [0.2, 0.25) is 0 Å². The molecule has 0 radical (unpaired) electrons. The number of benzene rings is 1. The summed E-state index contributed by atoms with van der Waals surface area (Å²) in [6.45, 7) is 8.59. The minimum absolute atomic E-state index is 0.606. The Kier molecular flexibility index (Phi) is 5.96. The van der Waals surface area contributed by atoms with Crippen molar-refractivity contribution < 1.29 is 0 Å². The fourth-order valence-electron chi connectivity index (χ4n) is 2.35. The minimum Gasteiger partial charge on any atom is -0.332 e. The Morgan fingerprint density at radius 1 is 1.19 bits per heavy atom. The summed E-state index contributed by atoms with van der Waals surface area (Å²) >= 11 is 5.38. The fourth-order valence-corrected chi connectivity index (χ4v) is 2.60. The first-order valence-electron chi connectivity index (χ1n) is 7.69. The Balaban J connectivity index is 1.82. The number of nitrogens with one attached hydrogen (secondary N) is 2. The molecule has 0 aliphatic carbocycles. The van der Waals surface area contributed by atoms with Crippen molar-refractivity contribution in [1.29, 1.82) is 0 Å². The molecule has 0 spiro atoms. The standard InChI is InChI=1S/C16H26N4S/c1-4-13(2)14-5-7-15(8-6-14)17-16(21)18-20-11-9-19(3)10-12-20/h5-8,13H,4,9-12H2,1-3H3,(H2,17,18,21)/t13-/m0/s1. The van der Waals surface area contributed by atoms with Gasteiger partial charge in [0.15, 0.2) is 5.11 Å². The average Bonchev–Trinajstić information content (AvgIpc) is 2.49. The van der Waals surface area contributed by atoms with E-state index in [0.29, 0.717) is 11.0 Å². The maximum absolute atomic E-state index is 5.38. The first-order chi connectivity index (χ1) is 10.1. The topological polar surface area (TPSA) is 30.5 Å². The second-order valence-electron chi connectivity index (χ2n) is 5.79. The van der Waals surface area contributed by atoms with Crippen LogP contribution in [0.5, 0.6) is 0 Å². The number of hydrogen-bond donors (Lipinski definition) is 2. The molecule has 1 heterocycles. The summed E-state index contributed by atoms with van der Waals surface area (Å²) in [5, 5.41) is 6.08. The number of piperazine rings is 1. The molecule has 2 rings (SSSR count). The normalized spacial score (nSPS) is 18.2. The van der Waals surface area contributed by atoms with Gasteiger partial charge in [-0.1, -0.05) is 26.0 Å². The van der Waals surface area contributed by atoms with Crippen LogP contribution in [-0.4, -0.2) is 48.2 Å². The number of hydrazine groups is 1. The summed E-state index contributed by atoms with van der Waals surface area (Å²) in [5.74, 6) is 0.606. The molecule has 5 heteroatoms. The summed E-state index contributed by atoms with van der Waals surface area (Å²) < 4.78 is 0. The Hall–Kier alpha value is -1.17. The van der Waals surface area contributed by atoms with E-state index in [1.807, 2.05) is 0 Å². The van der Waals surface area contributed by atoms with E-state index in [2.05, 4.69) is 65.8 Å². The van der Waals surface area contributed by atoms with Crippen molar-refractivity contribution in [3.63, 3.8) is 0 Å². The van der Waals surface area contributed by atoms with Crippen molar-refractivity contribution >= 4 is 23.0 Å². The van der Waals surface area contributed by atoms with E-state index in [4.69, 9.17) is 12.2 Å². The van der Waals surface area contributed by atoms with Crippen molar-refractivity contribution in [2.75, 3.05) is 38.5 Å². The molecule has 2 N–H and O–H groups in total. The van der Waals surface area contributed by atoms with Crippen LogP contribution in [0.3, 0.4) is 0 Å². The van der Waals surface area contributed by atoms with Crippen LogP contribution in [-0.2, 0) is 0 Å². The molecular formula is C16H26N4S. The van der Waals surface area contributed by atoms with Crippen LogP contribution in [0.1, 0.15) is 31.7 Å². The van der Waals surface area contributed by atoms with Gasteiger partial charge in [-0.2, -0.15) is 0 Å². The monoisotopic (exact) mass is 306 g/mol. The number of rotatable bonds is 4. The molecule has 1 aliphatic rings. The Labute approximate surface area is 133 Å². The molecule has 4 nitrogen and oxygen atoms in total. The molecule has 1 saturated heterocycles. The summed E-state index contributed by atoms with van der Waals surface area (Å²) in [6, 6.07) is 8.54. The van der Waals surface area contributed by atoms with Gasteiger partial charge in [0.05, 0.1) is 0 Å². The molecule has 0 amide bonds. The molecule has 1 aromatic rings. The number of nitrogens with zero attached hydrogens (tertiary/aromatic N) is 2. The first-order valence-corrected chi connectivity index (χ1v) is 8.10. The largest absolute Gasteiger partial charge is 0.332 e. The van der Waals surface area contributed by atoms with Crippen LogP contribution < -0.4 is 10.7 Å². The van der Waals surface area contributed by atoms with E-state index in [-0.39, 0.29) is 0 Å². The van der Waals surface area contributed by atoms with Gasteiger partial charge in [-0.05, 0) is 49.3 Å². The molecule has 1 fully saturated rings. The van der Waals surface area contributed by atoms with E-state index in [0.717, 1.165) is 38.3 Å². The molecule has 0 saturated carbocycles. The van der Waals surface area contributed by atoms with Crippen molar-refractivity contribution in [2.45, 2.75) is 26.2 Å². The molecular weight excluding hydrogens is 280 g/mol. The lowest BCUT2D eigenvalue weighted by Crippen LogP contribution is -2.53. The number of hydrogen-bond acceptors (Lipinski definition) is 3. The third-order valence-corrected chi connectivity index (χ3v) is 4.31. The molecule has 0 unspecified atom stereocenters. The van der Waals surface area contributed by atoms with Gasteiger partial charge in [0.2, 0.25) is 0 Å². The highest BCUT2D eigenvalue weighted by Gasteiger charge is 2.14. The van der Waals surface area contributed by atoms with Gasteiger partial charge in [0.1, 0.15) is 0 Å². The maximum atomic E-state index is 5.38. The summed E-state index contributed by atoms with van der Waals surface area (Å²) in [4.78, 5) is 2.32. The lowest BCUT2D eigenvalue weighted by molar-refractivity contribution is 0.131. The van der Waals surface area contributed by atoms with Crippen LogP contribution in [0.4, 0.5) is 5.69 Å². The highest BCUT2D eigenvalue weighted by molar-refractivity contribution is 7.80. The van der Waals surface area contributed by atoms with E-state index >= 15 is 0 Å². The van der Waals surface area contributed by atoms with Crippen LogP contribution >= 0.6 is 12.2 Å². The minimum atomic E-state index is 0.606. The van der Waals surface area contributed by atoms with Gasteiger partial charge in [0.25, 0.3) is 0 Å². The van der Waals surface area contributed by atoms with Gasteiger partial charge >= 0.3 is 0 Å². The quantitative estimate of drug-likeness (QED) is 0.835. The number of thiocarbonyl (C=S) groups is 1. The summed E-state index contributed by atoms with van der Waals surface area (Å²) in [7, 11) is 2.15. The van der Waals surface area contributed by atoms with Crippen molar-refractivity contribution in [3.05, 3.63) is 29.8 Å². The van der Waals surface area contributed by atoms with E-state index in [1.165, 1.54) is 5.56 Å². The average molecular weight is 306 g/mol. The smallest absolute Gasteiger partial charge is 0.185 e. The zero-order valence-corrected chi connectivity index (χ0v) is 14.0. The zero-order chi connectivity index (χ0) is 15.2. The van der Waals surface area contributed by atoms with Gasteiger partial charge in [-0.15, -0.1) is 0 Å². The molecule has 1 atom stereocenters. The van der Waals surface area contributed by atoms with Crippen LogP contribution in [0, 0.1) is 0 Å². The Morgan fingerprint density at radius 3 is 2.38 bits per heavy atom. The molecule has 1 aliphatic heterocycles.